The zero-order valence-corrected chi connectivity index (χ0v) is 12.7. The summed E-state index contributed by atoms with van der Waals surface area (Å²) < 4.78 is 7.04. The maximum Gasteiger partial charge on any atom is 0.217 e. The van der Waals surface area contributed by atoms with Crippen LogP contribution in [0.5, 0.6) is 0 Å². The van der Waals surface area contributed by atoms with Gasteiger partial charge in [-0.15, -0.1) is 0 Å². The van der Waals surface area contributed by atoms with E-state index in [1.807, 2.05) is 54.6 Å². The van der Waals surface area contributed by atoms with Crippen LogP contribution in [0.2, 0.25) is 0 Å². The second kappa shape index (κ2) is 5.75. The first kappa shape index (κ1) is 13.3. The highest BCUT2D eigenvalue weighted by molar-refractivity contribution is 14.1. The van der Waals surface area contributed by atoms with E-state index in [-0.39, 0.29) is 6.10 Å². The van der Waals surface area contributed by atoms with Gasteiger partial charge in [0.05, 0.1) is 0 Å². The number of rotatable bonds is 3. The van der Waals surface area contributed by atoms with Gasteiger partial charge in [-0.3, -0.25) is 0 Å². The molecule has 100 valence electrons. The first-order valence-electron chi connectivity index (χ1n) is 6.28. The van der Waals surface area contributed by atoms with Gasteiger partial charge in [0.2, 0.25) is 5.90 Å². The number of aliphatic imine (C=N–C) groups is 1. The van der Waals surface area contributed by atoms with Gasteiger partial charge in [-0.1, -0.05) is 30.3 Å². The smallest absolute Gasteiger partial charge is 0.217 e. The van der Waals surface area contributed by atoms with Gasteiger partial charge in [0.25, 0.3) is 0 Å². The maximum atomic E-state index is 11.2. The fraction of sp³-hybridized carbons (Fsp3) is 0.125. The Kier molecular flexibility index (Phi) is 3.82. The van der Waals surface area contributed by atoms with Crippen LogP contribution < -0.4 is 0 Å². The summed E-state index contributed by atoms with van der Waals surface area (Å²) in [5.41, 5.74) is 1.87. The van der Waals surface area contributed by atoms with Crippen molar-refractivity contribution in [2.75, 3.05) is 0 Å². The predicted molar refractivity (Wildman–Crippen MR) is 85.8 cm³/mol. The molecule has 2 aromatic rings. The number of aldehydes is 1. The Morgan fingerprint density at radius 2 is 1.75 bits per heavy atom. The molecule has 1 aliphatic heterocycles. The minimum Gasteiger partial charge on any atom is -0.466 e. The van der Waals surface area contributed by atoms with Gasteiger partial charge in [-0.05, 0) is 52.4 Å². The Balaban J connectivity index is 1.89. The van der Waals surface area contributed by atoms with E-state index in [9.17, 15) is 4.79 Å². The molecule has 20 heavy (non-hydrogen) atoms. The van der Waals surface area contributed by atoms with Crippen LogP contribution in [0, 0.1) is 3.57 Å². The van der Waals surface area contributed by atoms with Crippen LogP contribution in [-0.2, 0) is 9.53 Å². The van der Waals surface area contributed by atoms with Gasteiger partial charge in [0.15, 0.2) is 12.1 Å². The van der Waals surface area contributed by atoms with E-state index in [2.05, 4.69) is 27.6 Å². The summed E-state index contributed by atoms with van der Waals surface area (Å²) in [6, 6.07) is 17.1. The van der Waals surface area contributed by atoms with Gasteiger partial charge >= 0.3 is 0 Å². The lowest BCUT2D eigenvalue weighted by Crippen LogP contribution is -2.15. The summed E-state index contributed by atoms with van der Waals surface area (Å²) in [7, 11) is 0. The van der Waals surface area contributed by atoms with E-state index < -0.39 is 6.04 Å². The fourth-order valence-electron chi connectivity index (χ4n) is 2.17. The molecule has 0 saturated heterocycles. The summed E-state index contributed by atoms with van der Waals surface area (Å²) in [6.07, 6.45) is 0.512. The topological polar surface area (TPSA) is 38.7 Å². The van der Waals surface area contributed by atoms with Crippen molar-refractivity contribution in [3.63, 3.8) is 0 Å². The van der Waals surface area contributed by atoms with E-state index in [1.165, 1.54) is 0 Å². The first-order chi connectivity index (χ1) is 9.78. The Morgan fingerprint density at radius 3 is 2.40 bits per heavy atom. The highest BCUT2D eigenvalue weighted by Crippen LogP contribution is 2.30. The molecule has 0 bridgehead atoms. The third-order valence-corrected chi connectivity index (χ3v) is 3.89. The Hall–Kier alpha value is -1.69. The second-order valence-electron chi connectivity index (χ2n) is 4.52. The summed E-state index contributed by atoms with van der Waals surface area (Å²) in [6.45, 7) is 0. The van der Waals surface area contributed by atoms with Crippen LogP contribution in [-0.4, -0.2) is 18.2 Å². The molecular weight excluding hydrogens is 365 g/mol. The summed E-state index contributed by atoms with van der Waals surface area (Å²) in [5.74, 6) is 0.534. The molecule has 3 rings (SSSR count). The molecule has 0 aromatic heterocycles. The Bertz CT molecular complexity index is 637. The predicted octanol–water partition coefficient (Wildman–Crippen LogP) is 3.38. The molecule has 4 heteroatoms. The molecule has 1 aliphatic rings. The summed E-state index contributed by atoms with van der Waals surface area (Å²) in [4.78, 5) is 15.6. The third-order valence-electron chi connectivity index (χ3n) is 3.17. The van der Waals surface area contributed by atoms with Crippen molar-refractivity contribution in [3.05, 3.63) is 69.3 Å². The third kappa shape index (κ3) is 2.60. The summed E-state index contributed by atoms with van der Waals surface area (Å²) in [5, 5.41) is 0. The monoisotopic (exact) mass is 377 g/mol. The van der Waals surface area contributed by atoms with Crippen molar-refractivity contribution in [2.45, 2.75) is 12.1 Å². The van der Waals surface area contributed by atoms with Gasteiger partial charge in [-0.2, -0.15) is 0 Å². The number of hydrogen-bond donors (Lipinski definition) is 0. The van der Waals surface area contributed by atoms with Crippen molar-refractivity contribution in [3.8, 4) is 0 Å². The van der Waals surface area contributed by atoms with Crippen molar-refractivity contribution in [2.24, 2.45) is 4.99 Å². The molecule has 0 spiro atoms. The van der Waals surface area contributed by atoms with Crippen LogP contribution in [0.4, 0.5) is 0 Å². The number of halogens is 1. The first-order valence-corrected chi connectivity index (χ1v) is 7.36. The van der Waals surface area contributed by atoms with E-state index in [0.717, 1.165) is 21.0 Å². The van der Waals surface area contributed by atoms with Crippen LogP contribution in [0.1, 0.15) is 17.2 Å². The molecule has 0 amide bonds. The van der Waals surface area contributed by atoms with E-state index in [4.69, 9.17) is 4.74 Å². The molecule has 0 saturated carbocycles. The van der Waals surface area contributed by atoms with E-state index >= 15 is 0 Å². The Morgan fingerprint density at radius 1 is 1.05 bits per heavy atom. The average Bonchev–Trinajstić information content (AvgIpc) is 2.93. The highest BCUT2D eigenvalue weighted by atomic mass is 127. The van der Waals surface area contributed by atoms with Gasteiger partial charge in [0, 0.05) is 9.13 Å². The van der Waals surface area contributed by atoms with Gasteiger partial charge in [-0.25, -0.2) is 4.99 Å². The molecule has 3 nitrogen and oxygen atoms in total. The second-order valence-corrected chi connectivity index (χ2v) is 5.76. The molecule has 2 aromatic carbocycles. The van der Waals surface area contributed by atoms with Crippen molar-refractivity contribution in [1.29, 1.82) is 0 Å². The minimum absolute atomic E-state index is 0.334. The molecule has 0 unspecified atom stereocenters. The fourth-order valence-corrected chi connectivity index (χ4v) is 2.53. The van der Waals surface area contributed by atoms with Crippen molar-refractivity contribution < 1.29 is 9.53 Å². The van der Waals surface area contributed by atoms with Gasteiger partial charge < -0.3 is 9.53 Å². The SMILES string of the molecule is O=C[C@H]1N=C(c2ccccc2)O[C@@H]1c1ccc(I)cc1. The lowest BCUT2D eigenvalue weighted by Gasteiger charge is -2.14. The molecule has 0 aliphatic carbocycles. The van der Waals surface area contributed by atoms with Crippen LogP contribution in [0.3, 0.4) is 0 Å². The quantitative estimate of drug-likeness (QED) is 0.608. The number of carbonyl (C=O) groups is 1. The molecule has 1 heterocycles. The van der Waals surface area contributed by atoms with E-state index in [1.54, 1.807) is 0 Å². The molecule has 0 radical (unpaired) electrons. The van der Waals surface area contributed by atoms with Crippen LogP contribution in [0.15, 0.2) is 59.6 Å². The minimum atomic E-state index is -0.481. The largest absolute Gasteiger partial charge is 0.466 e. The standard InChI is InChI=1S/C16H12INO2/c17-13-8-6-11(7-9-13)15-14(10-19)18-16(20-15)12-4-2-1-3-5-12/h1-10,14-15H/t14-,15-/m1/s1. The number of hydrogen-bond acceptors (Lipinski definition) is 3. The van der Waals surface area contributed by atoms with Crippen LogP contribution in [0.25, 0.3) is 0 Å². The maximum absolute atomic E-state index is 11.2. The average molecular weight is 377 g/mol. The zero-order chi connectivity index (χ0) is 13.9. The molecule has 2 atom stereocenters. The Labute approximate surface area is 130 Å². The highest BCUT2D eigenvalue weighted by Gasteiger charge is 2.32. The lowest BCUT2D eigenvalue weighted by atomic mass is 10.0. The number of ether oxygens (including phenoxy) is 1. The molecule has 0 N–H and O–H groups in total. The lowest BCUT2D eigenvalue weighted by molar-refractivity contribution is -0.110. The zero-order valence-electron chi connectivity index (χ0n) is 10.6. The van der Waals surface area contributed by atoms with E-state index in [0.29, 0.717) is 5.90 Å². The van der Waals surface area contributed by atoms with Gasteiger partial charge in [0.1, 0.15) is 6.29 Å². The number of nitrogens with zero attached hydrogens (tertiary/aromatic N) is 1. The normalized spacial score (nSPS) is 21.1. The molecule has 0 fully saturated rings. The van der Waals surface area contributed by atoms with Crippen molar-refractivity contribution in [1.82, 2.24) is 0 Å². The van der Waals surface area contributed by atoms with Crippen LogP contribution >= 0.6 is 22.6 Å². The number of benzene rings is 2. The number of carbonyl (C=O) groups excluding carboxylic acids is 1. The molecular formula is C16H12INO2. The summed E-state index contributed by atoms with van der Waals surface area (Å²) >= 11 is 2.25. The van der Waals surface area contributed by atoms with Crippen molar-refractivity contribution >= 4 is 34.8 Å².